The average Bonchev–Trinajstić information content (AvgIpc) is 2.47. The van der Waals surface area contributed by atoms with Crippen molar-refractivity contribution >= 4 is 17.5 Å². The van der Waals surface area contributed by atoms with Crippen LogP contribution in [-0.4, -0.2) is 31.6 Å². The van der Waals surface area contributed by atoms with E-state index in [2.05, 4.69) is 17.6 Å². The lowest BCUT2D eigenvalue weighted by Crippen LogP contribution is -2.43. The number of rotatable bonds is 7. The van der Waals surface area contributed by atoms with Crippen molar-refractivity contribution in [3.05, 3.63) is 29.8 Å². The molecular formula is C16H24N2O3. The van der Waals surface area contributed by atoms with Crippen molar-refractivity contribution in [2.24, 2.45) is 0 Å². The number of carbonyl (C=O) groups excluding carboxylic acids is 2. The van der Waals surface area contributed by atoms with Gasteiger partial charge in [-0.2, -0.15) is 0 Å². The number of methoxy groups -OCH3 is 1. The van der Waals surface area contributed by atoms with Crippen LogP contribution >= 0.6 is 0 Å². The van der Waals surface area contributed by atoms with Crippen molar-refractivity contribution in [1.29, 1.82) is 0 Å². The third kappa shape index (κ3) is 5.95. The molecule has 116 valence electrons. The molecule has 1 rings (SSSR count). The van der Waals surface area contributed by atoms with E-state index in [1.54, 1.807) is 13.2 Å². The summed E-state index contributed by atoms with van der Waals surface area (Å²) in [5.74, 6) is -1.28. The molecule has 1 unspecified atom stereocenters. The Morgan fingerprint density at radius 1 is 1.24 bits per heavy atom. The number of hydrogen-bond donors (Lipinski definition) is 2. The number of para-hydroxylation sites is 1. The van der Waals surface area contributed by atoms with Crippen LogP contribution in [0, 0.1) is 6.92 Å². The standard InChI is InChI=1S/C16H24N2O3/c1-4-5-9-13(11-21-3)17-15(19)16(20)18-14-10-7-6-8-12(14)2/h6-8,10,13H,4-5,9,11H2,1-3H3,(H,17,19)(H,18,20). The van der Waals surface area contributed by atoms with Crippen LogP contribution in [0.1, 0.15) is 31.7 Å². The molecule has 0 saturated heterocycles. The van der Waals surface area contributed by atoms with E-state index in [0.717, 1.165) is 24.8 Å². The predicted molar refractivity (Wildman–Crippen MR) is 83.1 cm³/mol. The van der Waals surface area contributed by atoms with Crippen molar-refractivity contribution in [3.8, 4) is 0 Å². The van der Waals surface area contributed by atoms with Crippen molar-refractivity contribution in [2.45, 2.75) is 39.2 Å². The molecule has 2 amide bonds. The Morgan fingerprint density at radius 2 is 1.95 bits per heavy atom. The number of aryl methyl sites for hydroxylation is 1. The molecule has 0 spiro atoms. The summed E-state index contributed by atoms with van der Waals surface area (Å²) in [5, 5.41) is 5.34. The lowest BCUT2D eigenvalue weighted by molar-refractivity contribution is -0.136. The summed E-state index contributed by atoms with van der Waals surface area (Å²) in [4.78, 5) is 23.8. The molecule has 0 radical (unpaired) electrons. The van der Waals surface area contributed by atoms with E-state index in [4.69, 9.17) is 4.74 Å². The Labute approximate surface area is 126 Å². The highest BCUT2D eigenvalue weighted by Gasteiger charge is 2.18. The number of carbonyl (C=O) groups is 2. The van der Waals surface area contributed by atoms with Crippen LogP contribution in [0.15, 0.2) is 24.3 Å². The molecule has 0 aromatic heterocycles. The van der Waals surface area contributed by atoms with Gasteiger partial charge in [0.05, 0.1) is 12.6 Å². The molecule has 2 N–H and O–H groups in total. The number of unbranched alkanes of at least 4 members (excludes halogenated alkanes) is 1. The number of amides is 2. The van der Waals surface area contributed by atoms with Gasteiger partial charge in [-0.15, -0.1) is 0 Å². The zero-order valence-electron chi connectivity index (χ0n) is 12.9. The van der Waals surface area contributed by atoms with E-state index in [0.29, 0.717) is 12.3 Å². The summed E-state index contributed by atoms with van der Waals surface area (Å²) in [6.45, 7) is 4.36. The zero-order chi connectivity index (χ0) is 15.7. The van der Waals surface area contributed by atoms with E-state index in [-0.39, 0.29) is 6.04 Å². The summed E-state index contributed by atoms with van der Waals surface area (Å²) >= 11 is 0. The van der Waals surface area contributed by atoms with Gasteiger partial charge < -0.3 is 15.4 Å². The molecule has 21 heavy (non-hydrogen) atoms. The summed E-state index contributed by atoms with van der Waals surface area (Å²) in [6.07, 6.45) is 2.81. The van der Waals surface area contributed by atoms with Gasteiger partial charge >= 0.3 is 11.8 Å². The topological polar surface area (TPSA) is 67.4 Å². The Balaban J connectivity index is 2.56. The third-order valence-electron chi connectivity index (χ3n) is 3.21. The Kier molecular flexibility index (Phi) is 7.46. The molecule has 0 aliphatic rings. The van der Waals surface area contributed by atoms with Gasteiger partial charge in [-0.3, -0.25) is 9.59 Å². The van der Waals surface area contributed by atoms with Crippen molar-refractivity contribution in [1.82, 2.24) is 5.32 Å². The number of benzene rings is 1. The number of ether oxygens (including phenoxy) is 1. The molecule has 0 fully saturated rings. The average molecular weight is 292 g/mol. The van der Waals surface area contributed by atoms with Crippen LogP contribution in [0.3, 0.4) is 0 Å². The summed E-state index contributed by atoms with van der Waals surface area (Å²) in [5.41, 5.74) is 1.56. The fourth-order valence-electron chi connectivity index (χ4n) is 1.99. The van der Waals surface area contributed by atoms with Crippen LogP contribution in [-0.2, 0) is 14.3 Å². The number of nitrogens with one attached hydrogen (secondary N) is 2. The SMILES string of the molecule is CCCCC(COC)NC(=O)C(=O)Nc1ccccc1C. The minimum atomic E-state index is -0.651. The van der Waals surface area contributed by atoms with Gasteiger partial charge in [-0.05, 0) is 25.0 Å². The molecule has 5 heteroatoms. The van der Waals surface area contributed by atoms with E-state index >= 15 is 0 Å². The molecule has 0 heterocycles. The summed E-state index contributed by atoms with van der Waals surface area (Å²) in [7, 11) is 1.58. The molecule has 5 nitrogen and oxygen atoms in total. The third-order valence-corrected chi connectivity index (χ3v) is 3.21. The van der Waals surface area contributed by atoms with Gasteiger partial charge in [-0.25, -0.2) is 0 Å². The molecule has 0 aliphatic heterocycles. The lowest BCUT2D eigenvalue weighted by atomic mass is 10.1. The highest BCUT2D eigenvalue weighted by molar-refractivity contribution is 6.39. The molecule has 1 atom stereocenters. The maximum atomic E-state index is 11.9. The number of hydrogen-bond acceptors (Lipinski definition) is 3. The minimum absolute atomic E-state index is 0.134. The smallest absolute Gasteiger partial charge is 0.313 e. The normalized spacial score (nSPS) is 11.8. The van der Waals surface area contributed by atoms with E-state index in [1.165, 1.54) is 0 Å². The first-order valence-electron chi connectivity index (χ1n) is 7.24. The van der Waals surface area contributed by atoms with Crippen LogP contribution in [0.2, 0.25) is 0 Å². The van der Waals surface area contributed by atoms with Gasteiger partial charge in [0.25, 0.3) is 0 Å². The van der Waals surface area contributed by atoms with Gasteiger partial charge in [0.2, 0.25) is 0 Å². The molecule has 0 aliphatic carbocycles. The molecule has 1 aromatic rings. The largest absolute Gasteiger partial charge is 0.383 e. The highest BCUT2D eigenvalue weighted by atomic mass is 16.5. The van der Waals surface area contributed by atoms with E-state index in [1.807, 2.05) is 25.1 Å². The summed E-state index contributed by atoms with van der Waals surface area (Å²) in [6, 6.07) is 7.21. The molecular weight excluding hydrogens is 268 g/mol. The summed E-state index contributed by atoms with van der Waals surface area (Å²) < 4.78 is 5.07. The second kappa shape index (κ2) is 9.13. The Hall–Kier alpha value is -1.88. The van der Waals surface area contributed by atoms with Crippen LogP contribution in [0.5, 0.6) is 0 Å². The predicted octanol–water partition coefficient (Wildman–Crippen LogP) is 2.25. The zero-order valence-corrected chi connectivity index (χ0v) is 12.9. The van der Waals surface area contributed by atoms with Crippen molar-refractivity contribution in [3.63, 3.8) is 0 Å². The van der Waals surface area contributed by atoms with E-state index in [9.17, 15) is 9.59 Å². The first-order valence-corrected chi connectivity index (χ1v) is 7.24. The fraction of sp³-hybridized carbons (Fsp3) is 0.500. The quantitative estimate of drug-likeness (QED) is 0.757. The Bertz CT molecular complexity index is 474. The van der Waals surface area contributed by atoms with Crippen LogP contribution < -0.4 is 10.6 Å². The lowest BCUT2D eigenvalue weighted by Gasteiger charge is -2.17. The van der Waals surface area contributed by atoms with Crippen molar-refractivity contribution in [2.75, 3.05) is 19.0 Å². The maximum Gasteiger partial charge on any atom is 0.313 e. The van der Waals surface area contributed by atoms with Gasteiger partial charge in [-0.1, -0.05) is 38.0 Å². The van der Waals surface area contributed by atoms with Gasteiger partial charge in [0.1, 0.15) is 0 Å². The molecule has 0 bridgehead atoms. The minimum Gasteiger partial charge on any atom is -0.383 e. The van der Waals surface area contributed by atoms with Crippen molar-refractivity contribution < 1.29 is 14.3 Å². The van der Waals surface area contributed by atoms with E-state index < -0.39 is 11.8 Å². The first kappa shape index (κ1) is 17.2. The monoisotopic (exact) mass is 292 g/mol. The first-order chi connectivity index (χ1) is 10.1. The number of anilines is 1. The maximum absolute atomic E-state index is 11.9. The molecule has 1 aromatic carbocycles. The highest BCUT2D eigenvalue weighted by Crippen LogP contribution is 2.12. The Morgan fingerprint density at radius 3 is 2.57 bits per heavy atom. The fourth-order valence-corrected chi connectivity index (χ4v) is 1.99. The van der Waals surface area contributed by atoms with Gasteiger partial charge in [0, 0.05) is 12.8 Å². The van der Waals surface area contributed by atoms with Crippen LogP contribution in [0.25, 0.3) is 0 Å². The van der Waals surface area contributed by atoms with Crippen LogP contribution in [0.4, 0.5) is 5.69 Å². The molecule has 0 saturated carbocycles. The van der Waals surface area contributed by atoms with Gasteiger partial charge in [0.15, 0.2) is 0 Å². The second-order valence-electron chi connectivity index (χ2n) is 5.04. The second-order valence-corrected chi connectivity index (χ2v) is 5.04.